The molecule has 1 aliphatic rings. The molecule has 1 aromatic heterocycles. The summed E-state index contributed by atoms with van der Waals surface area (Å²) >= 11 is 0. The van der Waals surface area contributed by atoms with Crippen LogP contribution in [0.3, 0.4) is 0 Å². The maximum absolute atomic E-state index is 12.3. The molecule has 0 saturated carbocycles. The molecular weight excluding hydrogens is 214 g/mol. The maximum atomic E-state index is 12.3. The van der Waals surface area contributed by atoms with Gasteiger partial charge in [-0.3, -0.25) is 9.78 Å². The van der Waals surface area contributed by atoms with Gasteiger partial charge in [0.25, 0.3) is 5.91 Å². The third-order valence-corrected chi connectivity index (χ3v) is 3.36. The number of hydrogen-bond donors (Lipinski definition) is 1. The van der Waals surface area contributed by atoms with Crippen molar-refractivity contribution >= 4 is 5.91 Å². The Bertz CT molecular complexity index is 425. The summed E-state index contributed by atoms with van der Waals surface area (Å²) in [6.45, 7) is 5.71. The molecule has 1 atom stereocenters. The van der Waals surface area contributed by atoms with Crippen molar-refractivity contribution in [1.29, 1.82) is 0 Å². The molecule has 0 bridgehead atoms. The molecule has 1 aliphatic heterocycles. The Morgan fingerprint density at radius 3 is 2.82 bits per heavy atom. The molecule has 1 amide bonds. The first-order chi connectivity index (χ1) is 8.09. The molecule has 1 N–H and O–H groups in total. The van der Waals surface area contributed by atoms with Crippen LogP contribution in [0.25, 0.3) is 0 Å². The van der Waals surface area contributed by atoms with Gasteiger partial charge in [-0.1, -0.05) is 0 Å². The van der Waals surface area contributed by atoms with E-state index < -0.39 is 0 Å². The maximum Gasteiger partial charge on any atom is 0.255 e. The van der Waals surface area contributed by atoms with Crippen LogP contribution in [0.1, 0.15) is 28.2 Å². The molecule has 1 aromatic rings. The summed E-state index contributed by atoms with van der Waals surface area (Å²) in [4.78, 5) is 18.5. The van der Waals surface area contributed by atoms with Gasteiger partial charge in [0.2, 0.25) is 0 Å². The zero-order valence-corrected chi connectivity index (χ0v) is 10.7. The van der Waals surface area contributed by atoms with Crippen LogP contribution in [0.4, 0.5) is 0 Å². The van der Waals surface area contributed by atoms with Crippen molar-refractivity contribution in [1.82, 2.24) is 15.2 Å². The van der Waals surface area contributed by atoms with Gasteiger partial charge >= 0.3 is 0 Å². The second kappa shape index (κ2) is 4.84. The molecule has 92 valence electrons. The fourth-order valence-corrected chi connectivity index (χ4v) is 2.24. The molecule has 0 unspecified atom stereocenters. The van der Waals surface area contributed by atoms with E-state index in [0.29, 0.717) is 11.6 Å². The van der Waals surface area contributed by atoms with Crippen molar-refractivity contribution in [3.63, 3.8) is 0 Å². The molecule has 0 spiro atoms. The lowest BCUT2D eigenvalue weighted by molar-refractivity contribution is 0.0742. The average molecular weight is 233 g/mol. The number of hydrogen-bond acceptors (Lipinski definition) is 3. The summed E-state index contributed by atoms with van der Waals surface area (Å²) in [5.74, 6) is 0.0729. The van der Waals surface area contributed by atoms with Crippen molar-refractivity contribution < 1.29 is 4.79 Å². The standard InChI is InChI=1S/C13H19N3O/c1-9-4-5-12(10(2)15-9)13(17)16(3)11-6-7-14-8-11/h4-5,11,14H,6-8H2,1-3H3/t11-/m0/s1. The van der Waals surface area contributed by atoms with Crippen molar-refractivity contribution in [3.8, 4) is 0 Å². The normalized spacial score (nSPS) is 19.4. The van der Waals surface area contributed by atoms with Crippen molar-refractivity contribution in [2.24, 2.45) is 0 Å². The number of pyridine rings is 1. The van der Waals surface area contributed by atoms with Crippen LogP contribution in [-0.4, -0.2) is 42.0 Å². The van der Waals surface area contributed by atoms with Crippen LogP contribution in [0.5, 0.6) is 0 Å². The quantitative estimate of drug-likeness (QED) is 0.833. The van der Waals surface area contributed by atoms with Crippen molar-refractivity contribution in [3.05, 3.63) is 29.1 Å². The Morgan fingerprint density at radius 1 is 1.47 bits per heavy atom. The number of rotatable bonds is 2. The fraction of sp³-hybridized carbons (Fsp3) is 0.538. The van der Waals surface area contributed by atoms with Gasteiger partial charge in [0, 0.05) is 25.3 Å². The number of likely N-dealkylation sites (N-methyl/N-ethyl adjacent to an activating group) is 1. The topological polar surface area (TPSA) is 45.2 Å². The van der Waals surface area contributed by atoms with Gasteiger partial charge in [-0.05, 0) is 38.9 Å². The number of carbonyl (C=O) groups excluding carboxylic acids is 1. The van der Waals surface area contributed by atoms with Crippen LogP contribution in [0.15, 0.2) is 12.1 Å². The molecule has 0 aliphatic carbocycles. The van der Waals surface area contributed by atoms with Gasteiger partial charge < -0.3 is 10.2 Å². The van der Waals surface area contributed by atoms with Gasteiger partial charge in [-0.2, -0.15) is 0 Å². The van der Waals surface area contributed by atoms with Crippen LogP contribution in [0, 0.1) is 13.8 Å². The first kappa shape index (κ1) is 12.0. The van der Waals surface area contributed by atoms with Gasteiger partial charge in [-0.25, -0.2) is 0 Å². The summed E-state index contributed by atoms with van der Waals surface area (Å²) in [5, 5.41) is 3.27. The highest BCUT2D eigenvalue weighted by Crippen LogP contribution is 2.13. The van der Waals surface area contributed by atoms with Gasteiger partial charge in [0.05, 0.1) is 11.3 Å². The third-order valence-electron chi connectivity index (χ3n) is 3.36. The van der Waals surface area contributed by atoms with E-state index in [1.807, 2.05) is 37.9 Å². The number of aryl methyl sites for hydroxylation is 2. The van der Waals surface area contributed by atoms with E-state index in [1.54, 1.807) is 0 Å². The van der Waals surface area contributed by atoms with E-state index in [1.165, 1.54) is 0 Å². The van der Waals surface area contributed by atoms with E-state index >= 15 is 0 Å². The minimum atomic E-state index is 0.0729. The fourth-order valence-electron chi connectivity index (χ4n) is 2.24. The Morgan fingerprint density at radius 2 is 2.24 bits per heavy atom. The first-order valence-electron chi connectivity index (χ1n) is 6.01. The Hall–Kier alpha value is -1.42. The predicted molar refractivity (Wildman–Crippen MR) is 67.1 cm³/mol. The number of amides is 1. The number of nitrogens with one attached hydrogen (secondary N) is 1. The molecule has 4 heteroatoms. The summed E-state index contributed by atoms with van der Waals surface area (Å²) in [5.41, 5.74) is 2.47. The minimum absolute atomic E-state index is 0.0729. The van der Waals surface area contributed by atoms with Crippen LogP contribution in [-0.2, 0) is 0 Å². The molecule has 0 aromatic carbocycles. The highest BCUT2D eigenvalue weighted by atomic mass is 16.2. The van der Waals surface area contributed by atoms with Gasteiger partial charge in [0.1, 0.15) is 0 Å². The smallest absolute Gasteiger partial charge is 0.255 e. The van der Waals surface area contributed by atoms with Crippen molar-refractivity contribution in [2.75, 3.05) is 20.1 Å². The van der Waals surface area contributed by atoms with E-state index in [4.69, 9.17) is 0 Å². The first-order valence-corrected chi connectivity index (χ1v) is 6.01. The lowest BCUT2D eigenvalue weighted by Crippen LogP contribution is -2.38. The number of aromatic nitrogens is 1. The second-order valence-corrected chi connectivity index (χ2v) is 4.65. The molecule has 0 radical (unpaired) electrons. The van der Waals surface area contributed by atoms with E-state index in [-0.39, 0.29) is 5.91 Å². The van der Waals surface area contributed by atoms with E-state index in [0.717, 1.165) is 30.9 Å². The molecule has 2 rings (SSSR count). The van der Waals surface area contributed by atoms with Gasteiger partial charge in [0.15, 0.2) is 0 Å². The molecular formula is C13H19N3O. The number of carbonyl (C=O) groups is 1. The third kappa shape index (κ3) is 2.47. The highest BCUT2D eigenvalue weighted by molar-refractivity contribution is 5.95. The Balaban J connectivity index is 2.18. The van der Waals surface area contributed by atoms with Crippen LogP contribution >= 0.6 is 0 Å². The lowest BCUT2D eigenvalue weighted by Gasteiger charge is -2.24. The Kier molecular flexibility index (Phi) is 3.43. The monoisotopic (exact) mass is 233 g/mol. The zero-order valence-electron chi connectivity index (χ0n) is 10.7. The molecule has 17 heavy (non-hydrogen) atoms. The molecule has 1 saturated heterocycles. The van der Waals surface area contributed by atoms with Crippen LogP contribution in [0.2, 0.25) is 0 Å². The zero-order chi connectivity index (χ0) is 12.4. The summed E-state index contributed by atoms with van der Waals surface area (Å²) in [7, 11) is 1.87. The second-order valence-electron chi connectivity index (χ2n) is 4.65. The Labute approximate surface area is 102 Å². The van der Waals surface area contributed by atoms with Gasteiger partial charge in [-0.15, -0.1) is 0 Å². The molecule has 1 fully saturated rings. The summed E-state index contributed by atoms with van der Waals surface area (Å²) in [6, 6.07) is 4.07. The van der Waals surface area contributed by atoms with E-state index in [2.05, 4.69) is 10.3 Å². The average Bonchev–Trinajstić information content (AvgIpc) is 2.80. The molecule has 2 heterocycles. The minimum Gasteiger partial charge on any atom is -0.337 e. The largest absolute Gasteiger partial charge is 0.337 e. The number of nitrogens with zero attached hydrogens (tertiary/aromatic N) is 2. The molecule has 4 nitrogen and oxygen atoms in total. The SMILES string of the molecule is Cc1ccc(C(=O)N(C)[C@H]2CCNC2)c(C)n1. The summed E-state index contributed by atoms with van der Waals surface area (Å²) in [6.07, 6.45) is 1.03. The van der Waals surface area contributed by atoms with E-state index in [9.17, 15) is 4.79 Å². The highest BCUT2D eigenvalue weighted by Gasteiger charge is 2.24. The summed E-state index contributed by atoms with van der Waals surface area (Å²) < 4.78 is 0. The lowest BCUT2D eigenvalue weighted by atomic mass is 10.1. The van der Waals surface area contributed by atoms with Crippen LogP contribution < -0.4 is 5.32 Å². The van der Waals surface area contributed by atoms with Crippen molar-refractivity contribution in [2.45, 2.75) is 26.3 Å². The predicted octanol–water partition coefficient (Wildman–Crippen LogP) is 1.13.